The number of alkyl carbamates (subject to hydrolysis) is 1. The maximum absolute atomic E-state index is 13.3. The van der Waals surface area contributed by atoms with E-state index in [9.17, 15) is 22.8 Å². The highest BCUT2D eigenvalue weighted by Gasteiger charge is 2.43. The number of carbonyl (C=O) groups excluding carboxylic acids is 2. The van der Waals surface area contributed by atoms with E-state index in [1.165, 1.54) is 19.1 Å². The Balaban J connectivity index is 1.81. The van der Waals surface area contributed by atoms with E-state index < -0.39 is 30.8 Å². The predicted molar refractivity (Wildman–Crippen MR) is 133 cm³/mol. The molecular formula is C27H32F3N3O4. The van der Waals surface area contributed by atoms with Gasteiger partial charge in [0.05, 0.1) is 27.4 Å². The Morgan fingerprint density at radius 2 is 1.81 bits per heavy atom. The topological polar surface area (TPSA) is 71.1 Å². The molecule has 0 spiro atoms. The predicted octanol–water partition coefficient (Wildman–Crippen LogP) is 4.36. The molecule has 200 valence electrons. The van der Waals surface area contributed by atoms with Gasteiger partial charge < -0.3 is 19.7 Å². The van der Waals surface area contributed by atoms with Crippen LogP contribution in [0.5, 0.6) is 0 Å². The molecular weight excluding hydrogens is 487 g/mol. The third-order valence-corrected chi connectivity index (χ3v) is 7.10. The molecule has 1 amide bonds. The van der Waals surface area contributed by atoms with Crippen molar-refractivity contribution in [2.75, 3.05) is 38.9 Å². The van der Waals surface area contributed by atoms with Crippen LogP contribution in [0.25, 0.3) is 11.1 Å². The Hall–Kier alpha value is -3.27. The summed E-state index contributed by atoms with van der Waals surface area (Å²) in [5.41, 5.74) is 5.70. The first-order valence-corrected chi connectivity index (χ1v) is 12.2. The summed E-state index contributed by atoms with van der Waals surface area (Å²) in [6.45, 7) is 2.65. The molecule has 1 fully saturated rings. The number of methoxy groups -OCH3 is 2. The molecule has 0 saturated carbocycles. The zero-order valence-electron chi connectivity index (χ0n) is 21.4. The highest BCUT2D eigenvalue weighted by atomic mass is 19.4. The lowest BCUT2D eigenvalue weighted by atomic mass is 9.91. The number of hydrogen-bond acceptors (Lipinski definition) is 6. The molecule has 0 aromatic heterocycles. The summed E-state index contributed by atoms with van der Waals surface area (Å²) >= 11 is 0. The lowest BCUT2D eigenvalue weighted by molar-refractivity contribution is -0.147. The molecule has 1 heterocycles. The minimum Gasteiger partial charge on any atom is -0.467 e. The molecule has 2 atom stereocenters. The summed E-state index contributed by atoms with van der Waals surface area (Å²) in [4.78, 5) is 27.8. The van der Waals surface area contributed by atoms with Gasteiger partial charge in [-0.05, 0) is 40.2 Å². The number of carbonyl (C=O) groups is 2. The minimum absolute atomic E-state index is 0.0501. The molecule has 2 aliphatic rings. The van der Waals surface area contributed by atoms with Gasteiger partial charge in [0.15, 0.2) is 0 Å². The Bertz CT molecular complexity index is 1170. The van der Waals surface area contributed by atoms with Crippen LogP contribution in [0.4, 0.5) is 23.7 Å². The van der Waals surface area contributed by atoms with E-state index in [1.54, 1.807) is 4.90 Å². The first kappa shape index (κ1) is 26.8. The molecule has 1 aliphatic carbocycles. The zero-order valence-corrected chi connectivity index (χ0v) is 21.4. The van der Waals surface area contributed by atoms with Gasteiger partial charge >= 0.3 is 18.2 Å². The van der Waals surface area contributed by atoms with Crippen LogP contribution in [-0.4, -0.2) is 69.2 Å². The molecule has 2 unspecified atom stereocenters. The number of fused-ring (bicyclic) bond motifs is 3. The maximum Gasteiger partial charge on any atom is 0.407 e. The number of nitrogens with zero attached hydrogens (tertiary/aromatic N) is 2. The van der Waals surface area contributed by atoms with Crippen LogP contribution >= 0.6 is 0 Å². The van der Waals surface area contributed by atoms with Gasteiger partial charge in [0, 0.05) is 24.7 Å². The summed E-state index contributed by atoms with van der Waals surface area (Å²) in [7, 11) is 2.54. The molecule has 37 heavy (non-hydrogen) atoms. The Morgan fingerprint density at radius 3 is 2.46 bits per heavy atom. The number of benzene rings is 2. The van der Waals surface area contributed by atoms with Gasteiger partial charge in [-0.2, -0.15) is 13.2 Å². The van der Waals surface area contributed by atoms with Crippen molar-refractivity contribution in [3.05, 3.63) is 53.1 Å². The smallest absolute Gasteiger partial charge is 0.407 e. The molecule has 0 radical (unpaired) electrons. The van der Waals surface area contributed by atoms with Crippen LogP contribution in [0.15, 0.2) is 36.4 Å². The van der Waals surface area contributed by atoms with Crippen LogP contribution in [0.3, 0.4) is 0 Å². The van der Waals surface area contributed by atoms with Crippen molar-refractivity contribution in [2.45, 2.75) is 44.9 Å². The molecule has 1 saturated heterocycles. The Morgan fingerprint density at radius 1 is 1.08 bits per heavy atom. The minimum atomic E-state index is -4.40. The number of esters is 1. The van der Waals surface area contributed by atoms with E-state index in [-0.39, 0.29) is 25.2 Å². The van der Waals surface area contributed by atoms with Crippen LogP contribution in [0, 0.1) is 5.92 Å². The van der Waals surface area contributed by atoms with E-state index in [2.05, 4.69) is 5.32 Å². The van der Waals surface area contributed by atoms with Crippen molar-refractivity contribution in [1.82, 2.24) is 10.2 Å². The standard InChI is InChI=1S/C27H32F3N3O4/c1-16(2)22(31-26(35)37-4)12-18-9-10-20-19-8-6-5-7-17(19)11-21(20)24(18)33-15-32(14-27(28,29)30)13-23(33)25(34)36-3/h5-10,16,22-23H,11-15H2,1-4H3,(H,31,35). The van der Waals surface area contributed by atoms with Gasteiger partial charge in [-0.1, -0.05) is 50.2 Å². The molecule has 4 rings (SSSR count). The van der Waals surface area contributed by atoms with Gasteiger partial charge in [0.1, 0.15) is 6.04 Å². The lowest BCUT2D eigenvalue weighted by Gasteiger charge is -2.31. The third kappa shape index (κ3) is 5.69. The summed E-state index contributed by atoms with van der Waals surface area (Å²) in [6.07, 6.45) is -3.95. The number of anilines is 1. The number of amides is 1. The van der Waals surface area contributed by atoms with Crippen LogP contribution in [0.2, 0.25) is 0 Å². The van der Waals surface area contributed by atoms with Crippen molar-refractivity contribution < 1.29 is 32.2 Å². The molecule has 2 aromatic carbocycles. The summed E-state index contributed by atoms with van der Waals surface area (Å²) in [5.74, 6) is -0.536. The maximum atomic E-state index is 13.3. The van der Waals surface area contributed by atoms with Crippen molar-refractivity contribution in [3.8, 4) is 11.1 Å². The van der Waals surface area contributed by atoms with Crippen LogP contribution in [-0.2, 0) is 27.1 Å². The number of ether oxygens (including phenoxy) is 2. The van der Waals surface area contributed by atoms with E-state index in [0.29, 0.717) is 12.8 Å². The number of rotatable bonds is 7. The van der Waals surface area contributed by atoms with Gasteiger partial charge in [0.25, 0.3) is 0 Å². The number of alkyl halides is 3. The van der Waals surface area contributed by atoms with Crippen molar-refractivity contribution in [1.29, 1.82) is 0 Å². The fourth-order valence-corrected chi connectivity index (χ4v) is 5.31. The third-order valence-electron chi connectivity index (χ3n) is 7.10. The fraction of sp³-hybridized carbons (Fsp3) is 0.481. The van der Waals surface area contributed by atoms with Crippen LogP contribution in [0.1, 0.15) is 30.5 Å². The second kappa shape index (κ2) is 10.6. The molecule has 2 aromatic rings. The normalized spacial score (nSPS) is 17.9. The van der Waals surface area contributed by atoms with E-state index in [4.69, 9.17) is 9.47 Å². The largest absolute Gasteiger partial charge is 0.467 e. The molecule has 10 heteroatoms. The molecule has 0 bridgehead atoms. The van der Waals surface area contributed by atoms with Gasteiger partial charge in [-0.15, -0.1) is 0 Å². The average molecular weight is 520 g/mol. The van der Waals surface area contributed by atoms with Gasteiger partial charge in [0.2, 0.25) is 0 Å². The highest BCUT2D eigenvalue weighted by Crippen LogP contribution is 2.45. The number of hydrogen-bond donors (Lipinski definition) is 1. The highest BCUT2D eigenvalue weighted by molar-refractivity contribution is 5.87. The monoisotopic (exact) mass is 519 g/mol. The van der Waals surface area contributed by atoms with E-state index in [0.717, 1.165) is 33.5 Å². The summed E-state index contributed by atoms with van der Waals surface area (Å²) in [6, 6.07) is 10.8. The average Bonchev–Trinajstić information content (AvgIpc) is 3.42. The van der Waals surface area contributed by atoms with Crippen molar-refractivity contribution in [3.63, 3.8) is 0 Å². The molecule has 1 N–H and O–H groups in total. The van der Waals surface area contributed by atoms with E-state index in [1.807, 2.05) is 50.2 Å². The fourth-order valence-electron chi connectivity index (χ4n) is 5.31. The zero-order chi connectivity index (χ0) is 26.9. The quantitative estimate of drug-likeness (QED) is 0.468. The number of halogens is 3. The second-order valence-corrected chi connectivity index (χ2v) is 9.90. The SMILES string of the molecule is COC(=O)NC(Cc1ccc2c(c1N1CN(CC(F)(F)F)CC1C(=O)OC)Cc1ccccc1-2)C(C)C. The lowest BCUT2D eigenvalue weighted by Crippen LogP contribution is -2.42. The number of nitrogens with one attached hydrogen (secondary N) is 1. The first-order chi connectivity index (χ1) is 17.5. The van der Waals surface area contributed by atoms with Crippen molar-refractivity contribution in [2.24, 2.45) is 5.92 Å². The molecule has 7 nitrogen and oxygen atoms in total. The van der Waals surface area contributed by atoms with Crippen molar-refractivity contribution >= 4 is 17.7 Å². The summed E-state index contributed by atoms with van der Waals surface area (Å²) < 4.78 is 49.8. The van der Waals surface area contributed by atoms with Gasteiger partial charge in [-0.25, -0.2) is 9.59 Å². The molecule has 1 aliphatic heterocycles. The first-order valence-electron chi connectivity index (χ1n) is 12.2. The Labute approximate surface area is 214 Å². The van der Waals surface area contributed by atoms with Gasteiger partial charge in [-0.3, -0.25) is 4.90 Å². The van der Waals surface area contributed by atoms with Crippen LogP contribution < -0.4 is 10.2 Å². The Kier molecular flexibility index (Phi) is 7.68. The van der Waals surface area contributed by atoms with E-state index >= 15 is 0 Å². The summed E-state index contributed by atoms with van der Waals surface area (Å²) in [5, 5.41) is 2.87. The second-order valence-electron chi connectivity index (χ2n) is 9.90.